The first-order valence-corrected chi connectivity index (χ1v) is 8.37. The van der Waals surface area contributed by atoms with Crippen LogP contribution in [0.25, 0.3) is 0 Å². The van der Waals surface area contributed by atoms with Crippen LogP contribution in [0.4, 0.5) is 4.39 Å². The second-order valence-electron chi connectivity index (χ2n) is 5.95. The molecule has 2 rings (SSSR count). The maximum atomic E-state index is 13.0. The van der Waals surface area contributed by atoms with Gasteiger partial charge in [-0.25, -0.2) is 4.39 Å². The molecule has 5 nitrogen and oxygen atoms in total. The van der Waals surface area contributed by atoms with Crippen LogP contribution in [0.5, 0.6) is 5.75 Å². The van der Waals surface area contributed by atoms with Crippen LogP contribution in [0, 0.1) is 5.82 Å². The molecule has 138 valence electrons. The van der Waals surface area contributed by atoms with Gasteiger partial charge in [0.15, 0.2) is 0 Å². The average molecular weight is 358 g/mol. The number of rotatable bonds is 8. The van der Waals surface area contributed by atoms with Crippen molar-refractivity contribution in [3.63, 3.8) is 0 Å². The minimum atomic E-state index is -0.334. The number of hydrogen-bond donors (Lipinski definition) is 1. The number of hydrogen-bond acceptors (Lipinski definition) is 3. The Hall–Kier alpha value is -2.89. The summed E-state index contributed by atoms with van der Waals surface area (Å²) in [5.74, 6) is 0.0190. The Balaban J connectivity index is 1.81. The third kappa shape index (κ3) is 6.20. The van der Waals surface area contributed by atoms with E-state index in [0.29, 0.717) is 13.0 Å². The van der Waals surface area contributed by atoms with E-state index >= 15 is 0 Å². The van der Waals surface area contributed by atoms with Crippen molar-refractivity contribution in [2.24, 2.45) is 0 Å². The van der Waals surface area contributed by atoms with Crippen LogP contribution in [-0.2, 0) is 22.6 Å². The van der Waals surface area contributed by atoms with Gasteiger partial charge in [0.05, 0.1) is 13.7 Å². The van der Waals surface area contributed by atoms with Gasteiger partial charge in [0.25, 0.3) is 0 Å². The molecular formula is C20H23FN2O3. The quantitative estimate of drug-likeness (QED) is 0.789. The molecule has 1 N–H and O–H groups in total. The highest BCUT2D eigenvalue weighted by Gasteiger charge is 2.14. The van der Waals surface area contributed by atoms with E-state index < -0.39 is 0 Å². The van der Waals surface area contributed by atoms with E-state index in [0.717, 1.165) is 16.9 Å². The van der Waals surface area contributed by atoms with E-state index in [1.165, 1.54) is 24.0 Å². The summed E-state index contributed by atoms with van der Waals surface area (Å²) >= 11 is 0. The molecule has 0 radical (unpaired) electrons. The van der Waals surface area contributed by atoms with Crippen molar-refractivity contribution in [1.29, 1.82) is 0 Å². The second kappa shape index (κ2) is 9.56. The molecule has 0 bridgehead atoms. The van der Waals surface area contributed by atoms with Crippen LogP contribution in [0.15, 0.2) is 48.5 Å². The number of carbonyl (C=O) groups is 2. The first kappa shape index (κ1) is 19.4. The summed E-state index contributed by atoms with van der Waals surface area (Å²) in [5, 5.41) is 2.82. The molecule has 0 fully saturated rings. The standard InChI is InChI=1S/C20H23FN2O3/c1-15(24)23(13-17-3-7-18(21)8-4-17)14-20(25)22-12-11-16-5-9-19(26-2)10-6-16/h3-10H,11-14H2,1-2H3,(H,22,25). The lowest BCUT2D eigenvalue weighted by atomic mass is 10.1. The van der Waals surface area contributed by atoms with Gasteiger partial charge in [0.1, 0.15) is 11.6 Å². The van der Waals surface area contributed by atoms with Gasteiger partial charge in [0, 0.05) is 20.0 Å². The van der Waals surface area contributed by atoms with Crippen molar-refractivity contribution in [3.05, 3.63) is 65.5 Å². The Kier molecular flexibility index (Phi) is 7.14. The molecule has 2 aromatic carbocycles. The molecule has 0 atom stereocenters. The van der Waals surface area contributed by atoms with Crippen LogP contribution >= 0.6 is 0 Å². The number of carbonyl (C=O) groups excluding carboxylic acids is 2. The summed E-state index contributed by atoms with van der Waals surface area (Å²) in [4.78, 5) is 25.3. The maximum absolute atomic E-state index is 13.0. The number of amides is 2. The van der Waals surface area contributed by atoms with Gasteiger partial charge < -0.3 is 15.0 Å². The fraction of sp³-hybridized carbons (Fsp3) is 0.300. The molecule has 6 heteroatoms. The zero-order valence-corrected chi connectivity index (χ0v) is 15.0. The zero-order chi connectivity index (χ0) is 18.9. The smallest absolute Gasteiger partial charge is 0.239 e. The number of halogens is 1. The number of benzene rings is 2. The number of methoxy groups -OCH3 is 1. The summed E-state index contributed by atoms with van der Waals surface area (Å²) in [7, 11) is 1.61. The first-order chi connectivity index (χ1) is 12.5. The van der Waals surface area contributed by atoms with Crippen LogP contribution in [-0.4, -0.2) is 36.9 Å². The van der Waals surface area contributed by atoms with Gasteiger partial charge in [-0.15, -0.1) is 0 Å². The third-order valence-electron chi connectivity index (χ3n) is 3.96. The van der Waals surface area contributed by atoms with E-state index in [4.69, 9.17) is 4.74 Å². The molecule has 0 saturated carbocycles. The van der Waals surface area contributed by atoms with E-state index in [1.54, 1.807) is 19.2 Å². The SMILES string of the molecule is COc1ccc(CCNC(=O)CN(Cc2ccc(F)cc2)C(C)=O)cc1. The normalized spacial score (nSPS) is 10.3. The van der Waals surface area contributed by atoms with Crippen LogP contribution < -0.4 is 10.1 Å². The maximum Gasteiger partial charge on any atom is 0.239 e. The van der Waals surface area contributed by atoms with E-state index in [9.17, 15) is 14.0 Å². The lowest BCUT2D eigenvalue weighted by Crippen LogP contribution is -2.39. The molecular weight excluding hydrogens is 335 g/mol. The monoisotopic (exact) mass is 358 g/mol. The lowest BCUT2D eigenvalue weighted by molar-refractivity contribution is -0.134. The Morgan fingerprint density at radius 3 is 2.23 bits per heavy atom. The topological polar surface area (TPSA) is 58.6 Å². The fourth-order valence-electron chi connectivity index (χ4n) is 2.46. The molecule has 2 amide bonds. The van der Waals surface area contributed by atoms with Crippen molar-refractivity contribution in [3.8, 4) is 5.75 Å². The van der Waals surface area contributed by atoms with Crippen LogP contribution in [0.1, 0.15) is 18.1 Å². The largest absolute Gasteiger partial charge is 0.497 e. The Bertz CT molecular complexity index is 730. The highest BCUT2D eigenvalue weighted by molar-refractivity contribution is 5.83. The molecule has 0 unspecified atom stereocenters. The summed E-state index contributed by atoms with van der Waals surface area (Å²) < 4.78 is 18.1. The molecule has 0 aliphatic carbocycles. The molecule has 0 aliphatic rings. The van der Waals surface area contributed by atoms with E-state index in [-0.39, 0.29) is 30.7 Å². The summed E-state index contributed by atoms with van der Waals surface area (Å²) in [6, 6.07) is 13.5. The molecule has 0 spiro atoms. The van der Waals surface area contributed by atoms with E-state index in [1.807, 2.05) is 24.3 Å². The van der Waals surface area contributed by atoms with E-state index in [2.05, 4.69) is 5.32 Å². The summed E-state index contributed by atoms with van der Waals surface area (Å²) in [5.41, 5.74) is 1.86. The highest BCUT2D eigenvalue weighted by Crippen LogP contribution is 2.11. The predicted molar refractivity (Wildman–Crippen MR) is 97.2 cm³/mol. The lowest BCUT2D eigenvalue weighted by Gasteiger charge is -2.20. The molecule has 2 aromatic rings. The molecule has 26 heavy (non-hydrogen) atoms. The minimum Gasteiger partial charge on any atom is -0.497 e. The molecule has 0 saturated heterocycles. The first-order valence-electron chi connectivity index (χ1n) is 8.37. The molecule has 0 aliphatic heterocycles. The number of ether oxygens (including phenoxy) is 1. The second-order valence-corrected chi connectivity index (χ2v) is 5.95. The van der Waals surface area contributed by atoms with Gasteiger partial charge in [-0.3, -0.25) is 9.59 Å². The Morgan fingerprint density at radius 1 is 1.04 bits per heavy atom. The molecule has 0 aromatic heterocycles. The fourth-order valence-corrected chi connectivity index (χ4v) is 2.46. The Morgan fingerprint density at radius 2 is 1.65 bits per heavy atom. The van der Waals surface area contributed by atoms with Gasteiger partial charge in [-0.05, 0) is 41.8 Å². The predicted octanol–water partition coefficient (Wildman–Crippen LogP) is 2.54. The van der Waals surface area contributed by atoms with Crippen molar-refractivity contribution in [2.75, 3.05) is 20.2 Å². The van der Waals surface area contributed by atoms with Gasteiger partial charge in [0.2, 0.25) is 11.8 Å². The van der Waals surface area contributed by atoms with Crippen molar-refractivity contribution < 1.29 is 18.7 Å². The summed E-state index contributed by atoms with van der Waals surface area (Å²) in [6.07, 6.45) is 0.688. The number of nitrogens with zero attached hydrogens (tertiary/aromatic N) is 1. The van der Waals surface area contributed by atoms with Gasteiger partial charge >= 0.3 is 0 Å². The van der Waals surface area contributed by atoms with Crippen molar-refractivity contribution >= 4 is 11.8 Å². The zero-order valence-electron chi connectivity index (χ0n) is 15.0. The van der Waals surface area contributed by atoms with Gasteiger partial charge in [-0.2, -0.15) is 0 Å². The van der Waals surface area contributed by atoms with Crippen molar-refractivity contribution in [1.82, 2.24) is 10.2 Å². The van der Waals surface area contributed by atoms with Gasteiger partial charge in [-0.1, -0.05) is 24.3 Å². The molecule has 0 heterocycles. The average Bonchev–Trinajstić information content (AvgIpc) is 2.63. The Labute approximate surface area is 152 Å². The van der Waals surface area contributed by atoms with Crippen molar-refractivity contribution in [2.45, 2.75) is 19.9 Å². The number of nitrogens with one attached hydrogen (secondary N) is 1. The minimum absolute atomic E-state index is 0.0324. The summed E-state index contributed by atoms with van der Waals surface area (Å²) in [6.45, 7) is 2.12. The third-order valence-corrected chi connectivity index (χ3v) is 3.96. The highest BCUT2D eigenvalue weighted by atomic mass is 19.1. The van der Waals surface area contributed by atoms with Crippen LogP contribution in [0.3, 0.4) is 0 Å². The van der Waals surface area contributed by atoms with Crippen LogP contribution in [0.2, 0.25) is 0 Å².